The van der Waals surface area contributed by atoms with Crippen LogP contribution >= 0.6 is 11.6 Å². The molecule has 78 valence electrons. The lowest BCUT2D eigenvalue weighted by atomic mass is 10.2. The molecule has 1 aromatic carbocycles. The van der Waals surface area contributed by atoms with E-state index in [0.717, 1.165) is 6.61 Å². The number of methoxy groups -OCH3 is 1. The summed E-state index contributed by atoms with van der Waals surface area (Å²) in [6, 6.07) is 4.78. The second-order valence-corrected chi connectivity index (χ2v) is 2.88. The summed E-state index contributed by atoms with van der Waals surface area (Å²) in [6.45, 7) is 2.78. The zero-order valence-corrected chi connectivity index (χ0v) is 9.04. The minimum Gasteiger partial charge on any atom is -0.399 e. The van der Waals surface area contributed by atoms with Crippen molar-refractivity contribution in [2.45, 2.75) is 6.92 Å². The van der Waals surface area contributed by atoms with Crippen molar-refractivity contribution in [1.82, 2.24) is 0 Å². The molecule has 0 amide bonds. The largest absolute Gasteiger partial charge is 0.399 e. The van der Waals surface area contributed by atoms with Crippen molar-refractivity contribution in [2.24, 2.45) is 0 Å². The van der Waals surface area contributed by atoms with E-state index >= 15 is 0 Å². The molecule has 0 fully saturated rings. The minimum atomic E-state index is 0.432. The molecule has 1 rings (SSSR count). The van der Waals surface area contributed by atoms with Crippen LogP contribution in [0.4, 0.5) is 5.69 Å². The van der Waals surface area contributed by atoms with Gasteiger partial charge in [-0.05, 0) is 25.1 Å². The highest BCUT2D eigenvalue weighted by atomic mass is 35.5. The van der Waals surface area contributed by atoms with E-state index < -0.39 is 0 Å². The number of halogens is 1. The maximum atomic E-state index is 10.2. The first-order valence-corrected chi connectivity index (χ1v) is 4.52. The molecule has 0 radical (unpaired) electrons. The number of benzene rings is 1. The summed E-state index contributed by atoms with van der Waals surface area (Å²) in [5, 5.41) is 0.434. The van der Waals surface area contributed by atoms with Crippen LogP contribution in [0.2, 0.25) is 5.02 Å². The molecule has 0 bridgehead atoms. The summed E-state index contributed by atoms with van der Waals surface area (Å²) in [5.74, 6) is 0. The predicted octanol–water partition coefficient (Wildman–Crippen LogP) is 2.39. The first-order chi connectivity index (χ1) is 6.65. The lowest BCUT2D eigenvalue weighted by molar-refractivity contribution is 0.112. The third-order valence-electron chi connectivity index (χ3n) is 1.44. The Balaban J connectivity index is 0.000000364. The molecule has 0 unspecified atom stereocenters. The number of hydrogen-bond donors (Lipinski definition) is 1. The average Bonchev–Trinajstić information content (AvgIpc) is 2.22. The van der Waals surface area contributed by atoms with Crippen molar-refractivity contribution in [2.75, 3.05) is 19.5 Å². The standard InChI is InChI=1S/C7H6ClNO.C3H8O/c8-7-2-1-6(9)3-5(7)4-10;1-3-4-2/h1-4H,9H2;3H2,1-2H3. The van der Waals surface area contributed by atoms with Gasteiger partial charge in [0.25, 0.3) is 0 Å². The van der Waals surface area contributed by atoms with Crippen LogP contribution in [0.25, 0.3) is 0 Å². The lowest BCUT2D eigenvalue weighted by Gasteiger charge is -1.95. The van der Waals surface area contributed by atoms with Crippen LogP contribution in [-0.4, -0.2) is 20.0 Å². The van der Waals surface area contributed by atoms with Crippen LogP contribution in [0.5, 0.6) is 0 Å². The zero-order valence-electron chi connectivity index (χ0n) is 8.29. The molecule has 0 aliphatic heterocycles. The normalized spacial score (nSPS) is 8.79. The van der Waals surface area contributed by atoms with Crippen molar-refractivity contribution >= 4 is 23.6 Å². The van der Waals surface area contributed by atoms with Crippen LogP contribution in [0, 0.1) is 0 Å². The summed E-state index contributed by atoms with van der Waals surface area (Å²) < 4.78 is 4.54. The molecule has 0 saturated heterocycles. The highest BCUT2D eigenvalue weighted by Gasteiger charge is 1.96. The van der Waals surface area contributed by atoms with Gasteiger partial charge in [-0.15, -0.1) is 0 Å². The number of ether oxygens (including phenoxy) is 1. The average molecular weight is 216 g/mol. The van der Waals surface area contributed by atoms with E-state index in [1.165, 1.54) is 6.07 Å². The molecule has 0 saturated carbocycles. The lowest BCUT2D eigenvalue weighted by Crippen LogP contribution is -1.87. The number of carbonyl (C=O) groups excluding carboxylic acids is 1. The van der Waals surface area contributed by atoms with Crippen LogP contribution in [0.3, 0.4) is 0 Å². The van der Waals surface area contributed by atoms with Gasteiger partial charge in [-0.25, -0.2) is 0 Å². The predicted molar refractivity (Wildman–Crippen MR) is 58.8 cm³/mol. The Bertz CT molecular complexity index is 287. The molecular weight excluding hydrogens is 202 g/mol. The van der Waals surface area contributed by atoms with Gasteiger partial charge in [0, 0.05) is 25.0 Å². The number of hydrogen-bond acceptors (Lipinski definition) is 3. The topological polar surface area (TPSA) is 52.3 Å². The Morgan fingerprint density at radius 2 is 2.14 bits per heavy atom. The van der Waals surface area contributed by atoms with Gasteiger partial charge in [-0.2, -0.15) is 0 Å². The highest BCUT2D eigenvalue weighted by Crippen LogP contribution is 2.16. The van der Waals surface area contributed by atoms with Crippen molar-refractivity contribution in [3.63, 3.8) is 0 Å². The molecule has 4 heteroatoms. The molecule has 2 N–H and O–H groups in total. The van der Waals surface area contributed by atoms with E-state index in [4.69, 9.17) is 17.3 Å². The molecule has 0 aromatic heterocycles. The fraction of sp³-hybridized carbons (Fsp3) is 0.300. The molecular formula is C10H14ClNO2. The van der Waals surface area contributed by atoms with Gasteiger partial charge >= 0.3 is 0 Å². The van der Waals surface area contributed by atoms with E-state index in [9.17, 15) is 4.79 Å². The molecule has 0 aliphatic rings. The quantitative estimate of drug-likeness (QED) is 0.609. The Morgan fingerprint density at radius 3 is 2.50 bits per heavy atom. The number of aldehydes is 1. The molecule has 1 aromatic rings. The maximum Gasteiger partial charge on any atom is 0.151 e. The van der Waals surface area contributed by atoms with Gasteiger partial charge in [0.15, 0.2) is 6.29 Å². The summed E-state index contributed by atoms with van der Waals surface area (Å²) in [5.41, 5.74) is 6.37. The maximum absolute atomic E-state index is 10.2. The summed E-state index contributed by atoms with van der Waals surface area (Å²) in [6.07, 6.45) is 0.679. The summed E-state index contributed by atoms with van der Waals surface area (Å²) in [7, 11) is 1.68. The van der Waals surface area contributed by atoms with Crippen LogP contribution in [0.15, 0.2) is 18.2 Å². The number of nitrogen functional groups attached to an aromatic ring is 1. The number of nitrogens with two attached hydrogens (primary N) is 1. The molecule has 0 atom stereocenters. The van der Waals surface area contributed by atoms with Gasteiger partial charge in [-0.3, -0.25) is 4.79 Å². The van der Waals surface area contributed by atoms with Gasteiger partial charge in [0.05, 0.1) is 5.02 Å². The van der Waals surface area contributed by atoms with E-state index in [1.54, 1.807) is 19.2 Å². The van der Waals surface area contributed by atoms with Gasteiger partial charge < -0.3 is 10.5 Å². The fourth-order valence-electron chi connectivity index (χ4n) is 0.653. The van der Waals surface area contributed by atoms with E-state index in [0.29, 0.717) is 22.6 Å². The Morgan fingerprint density at radius 1 is 1.57 bits per heavy atom. The van der Waals surface area contributed by atoms with E-state index in [-0.39, 0.29) is 0 Å². The number of rotatable bonds is 2. The third-order valence-corrected chi connectivity index (χ3v) is 1.78. The van der Waals surface area contributed by atoms with Crippen molar-refractivity contribution in [3.8, 4) is 0 Å². The smallest absolute Gasteiger partial charge is 0.151 e. The van der Waals surface area contributed by atoms with Gasteiger partial charge in [-0.1, -0.05) is 11.6 Å². The first kappa shape index (κ1) is 12.9. The molecule has 0 heterocycles. The minimum absolute atomic E-state index is 0.432. The first-order valence-electron chi connectivity index (χ1n) is 4.14. The van der Waals surface area contributed by atoms with Crippen LogP contribution in [0.1, 0.15) is 17.3 Å². The monoisotopic (exact) mass is 215 g/mol. The molecule has 0 aliphatic carbocycles. The molecule has 0 spiro atoms. The van der Waals surface area contributed by atoms with Crippen molar-refractivity contribution in [3.05, 3.63) is 28.8 Å². The SMILES string of the molecule is CCOC.Nc1ccc(Cl)c(C=O)c1. The van der Waals surface area contributed by atoms with Crippen molar-refractivity contribution < 1.29 is 9.53 Å². The second-order valence-electron chi connectivity index (χ2n) is 2.48. The highest BCUT2D eigenvalue weighted by molar-refractivity contribution is 6.33. The molecule has 14 heavy (non-hydrogen) atoms. The Labute approximate surface area is 88.8 Å². The zero-order chi connectivity index (χ0) is 11.0. The summed E-state index contributed by atoms with van der Waals surface area (Å²) >= 11 is 5.61. The second kappa shape index (κ2) is 7.35. The van der Waals surface area contributed by atoms with E-state index in [2.05, 4.69) is 4.74 Å². The Kier molecular flexibility index (Phi) is 6.80. The van der Waals surface area contributed by atoms with Gasteiger partial charge in [0.2, 0.25) is 0 Å². The van der Waals surface area contributed by atoms with Crippen LogP contribution < -0.4 is 5.73 Å². The van der Waals surface area contributed by atoms with Crippen molar-refractivity contribution in [1.29, 1.82) is 0 Å². The molecule has 3 nitrogen and oxygen atoms in total. The van der Waals surface area contributed by atoms with Crippen LogP contribution in [-0.2, 0) is 4.74 Å². The van der Waals surface area contributed by atoms with Gasteiger partial charge in [0.1, 0.15) is 0 Å². The number of carbonyl (C=O) groups is 1. The number of anilines is 1. The Hall–Kier alpha value is -1.06. The summed E-state index contributed by atoms with van der Waals surface area (Å²) in [4.78, 5) is 10.2. The van der Waals surface area contributed by atoms with E-state index in [1.807, 2.05) is 6.92 Å². The third kappa shape index (κ3) is 4.84. The fourth-order valence-corrected chi connectivity index (χ4v) is 0.815.